The molecule has 2 atom stereocenters. The molecule has 3 nitrogen and oxygen atoms in total. The average Bonchev–Trinajstić information content (AvgIpc) is 2.74. The molecule has 0 amide bonds. The zero-order chi connectivity index (χ0) is 22.1. The Labute approximate surface area is 205 Å². The topological polar surface area (TPSA) is 49.3 Å². The molecule has 30 heavy (non-hydrogen) atoms. The fourth-order valence-electron chi connectivity index (χ4n) is 3.54. The van der Waals surface area contributed by atoms with Gasteiger partial charge < -0.3 is 10.4 Å². The number of carboxylic acid groups (broad SMARTS) is 1. The highest BCUT2D eigenvalue weighted by Gasteiger charge is 2.45. The molecule has 2 aromatic rings. The number of hydrogen-bond acceptors (Lipinski definition) is 5. The summed E-state index contributed by atoms with van der Waals surface area (Å²) < 4.78 is 0.656. The number of nitrogens with one attached hydrogen (secondary N) is 1. The van der Waals surface area contributed by atoms with Crippen LogP contribution in [0.3, 0.4) is 0 Å². The summed E-state index contributed by atoms with van der Waals surface area (Å²) in [5.41, 5.74) is 1.76. The Balaban J connectivity index is 2.53. The van der Waals surface area contributed by atoms with Gasteiger partial charge >= 0.3 is 5.97 Å². The van der Waals surface area contributed by atoms with Gasteiger partial charge in [-0.15, -0.1) is 23.5 Å². The summed E-state index contributed by atoms with van der Waals surface area (Å²) in [6.45, 7) is 0. The van der Waals surface area contributed by atoms with Gasteiger partial charge in [0.15, 0.2) is 0 Å². The molecule has 8 heteroatoms. The molecule has 2 unspecified atom stereocenters. The average molecular weight is 549 g/mol. The van der Waals surface area contributed by atoms with Crippen LogP contribution in [0.15, 0.2) is 53.0 Å². The third-order valence-electron chi connectivity index (χ3n) is 5.03. The van der Waals surface area contributed by atoms with Crippen molar-refractivity contribution in [2.24, 2.45) is 0 Å². The molecule has 0 bridgehead atoms. The molecule has 2 N–H and O–H groups in total. The van der Waals surface area contributed by atoms with Crippen molar-refractivity contribution in [1.82, 2.24) is 0 Å². The van der Waals surface area contributed by atoms with Crippen LogP contribution < -0.4 is 5.32 Å². The second kappa shape index (κ2) is 12.5. The van der Waals surface area contributed by atoms with E-state index >= 15 is 0 Å². The summed E-state index contributed by atoms with van der Waals surface area (Å²) in [4.78, 5) is 12.5. The summed E-state index contributed by atoms with van der Waals surface area (Å²) >= 11 is 14.9. The molecule has 0 radical (unpaired) electrons. The largest absolute Gasteiger partial charge is 0.480 e. The minimum absolute atomic E-state index is 0.261. The van der Waals surface area contributed by atoms with E-state index in [-0.39, 0.29) is 10.00 Å². The lowest BCUT2D eigenvalue weighted by Gasteiger charge is -2.42. The molecule has 2 aromatic carbocycles. The van der Waals surface area contributed by atoms with Crippen LogP contribution in [-0.4, -0.2) is 45.7 Å². The van der Waals surface area contributed by atoms with Gasteiger partial charge in [-0.1, -0.05) is 39.7 Å². The molecule has 0 aliphatic rings. The summed E-state index contributed by atoms with van der Waals surface area (Å²) in [5.74, 6) is -0.0772. The van der Waals surface area contributed by atoms with Crippen molar-refractivity contribution in [1.29, 1.82) is 0 Å². The van der Waals surface area contributed by atoms with E-state index in [1.54, 1.807) is 23.5 Å². The lowest BCUT2D eigenvalue weighted by atomic mass is 9.85. The Kier molecular flexibility index (Phi) is 10.8. The summed E-state index contributed by atoms with van der Waals surface area (Å²) in [6, 6.07) is 14.4. The van der Waals surface area contributed by atoms with Crippen molar-refractivity contribution in [2.45, 2.75) is 28.9 Å². The van der Waals surface area contributed by atoms with E-state index in [2.05, 4.69) is 40.0 Å². The molecular formula is C22H27BrClNO2S3. The van der Waals surface area contributed by atoms with Crippen molar-refractivity contribution < 1.29 is 9.90 Å². The van der Waals surface area contributed by atoms with Crippen LogP contribution in [0.2, 0.25) is 5.02 Å². The number of anilines is 1. The minimum Gasteiger partial charge on any atom is -0.480 e. The van der Waals surface area contributed by atoms with E-state index in [0.29, 0.717) is 5.02 Å². The fraction of sp³-hybridized carbons (Fsp3) is 0.409. The molecule has 0 aliphatic heterocycles. The van der Waals surface area contributed by atoms with Gasteiger partial charge in [0.25, 0.3) is 0 Å². The molecule has 0 saturated heterocycles. The van der Waals surface area contributed by atoms with Crippen molar-refractivity contribution in [2.75, 3.05) is 29.8 Å². The van der Waals surface area contributed by atoms with E-state index in [1.165, 1.54) is 0 Å². The maximum absolute atomic E-state index is 12.5. The van der Waals surface area contributed by atoms with Crippen molar-refractivity contribution in [3.05, 3.63) is 63.6 Å². The highest BCUT2D eigenvalue weighted by molar-refractivity contribution is 9.10. The minimum atomic E-state index is -0.866. The predicted octanol–water partition coefficient (Wildman–Crippen LogP) is 7.32. The number of benzene rings is 2. The smallest absolute Gasteiger partial charge is 0.326 e. The van der Waals surface area contributed by atoms with Gasteiger partial charge in [-0.3, -0.25) is 0 Å². The molecule has 0 saturated carbocycles. The monoisotopic (exact) mass is 547 g/mol. The van der Waals surface area contributed by atoms with Gasteiger partial charge in [0, 0.05) is 21.1 Å². The molecule has 2 rings (SSSR count). The third-order valence-corrected chi connectivity index (χ3v) is 9.81. The van der Waals surface area contributed by atoms with Crippen molar-refractivity contribution in [3.8, 4) is 0 Å². The Bertz CT molecular complexity index is 801. The lowest BCUT2D eigenvalue weighted by molar-refractivity contribution is -0.138. The van der Waals surface area contributed by atoms with E-state index in [1.807, 2.05) is 60.3 Å². The van der Waals surface area contributed by atoms with Gasteiger partial charge in [0.05, 0.1) is 4.08 Å². The van der Waals surface area contributed by atoms with Crippen LogP contribution in [0.25, 0.3) is 0 Å². The number of rotatable bonds is 12. The van der Waals surface area contributed by atoms with E-state index in [9.17, 15) is 9.90 Å². The first-order valence-electron chi connectivity index (χ1n) is 9.46. The number of carboxylic acids is 1. The number of hydrogen-bond donors (Lipinski definition) is 2. The molecule has 164 valence electrons. The van der Waals surface area contributed by atoms with E-state index in [4.69, 9.17) is 11.6 Å². The zero-order valence-corrected chi connectivity index (χ0v) is 22.0. The van der Waals surface area contributed by atoms with Crippen LogP contribution >= 0.6 is 62.8 Å². The number of aliphatic carboxylic acids is 1. The quantitative estimate of drug-likeness (QED) is 0.214. The Morgan fingerprint density at radius 1 is 1.10 bits per heavy atom. The second-order valence-electron chi connectivity index (χ2n) is 6.81. The van der Waals surface area contributed by atoms with Crippen LogP contribution in [0.1, 0.15) is 24.3 Å². The first kappa shape index (κ1) is 25.8. The maximum atomic E-state index is 12.5. The molecular weight excluding hydrogens is 522 g/mol. The summed E-state index contributed by atoms with van der Waals surface area (Å²) in [7, 11) is 0. The normalized spacial score (nSPS) is 13.6. The van der Waals surface area contributed by atoms with Crippen LogP contribution in [0.4, 0.5) is 5.69 Å². The van der Waals surface area contributed by atoms with E-state index < -0.39 is 12.0 Å². The van der Waals surface area contributed by atoms with Crippen LogP contribution in [-0.2, 0) is 4.79 Å². The zero-order valence-electron chi connectivity index (χ0n) is 17.2. The number of halogens is 2. The van der Waals surface area contributed by atoms with E-state index in [0.717, 1.165) is 34.3 Å². The molecule has 0 fully saturated rings. The van der Waals surface area contributed by atoms with Gasteiger partial charge in [-0.2, -0.15) is 11.8 Å². The molecule has 0 heterocycles. The van der Waals surface area contributed by atoms with Crippen molar-refractivity contribution in [3.63, 3.8) is 0 Å². The van der Waals surface area contributed by atoms with Gasteiger partial charge in [0.2, 0.25) is 0 Å². The summed E-state index contributed by atoms with van der Waals surface area (Å²) in [5, 5.41) is 14.2. The second-order valence-corrected chi connectivity index (χ2v) is 11.7. The maximum Gasteiger partial charge on any atom is 0.326 e. The third kappa shape index (κ3) is 6.76. The summed E-state index contributed by atoms with van der Waals surface area (Å²) in [6.07, 6.45) is 8.20. The molecule has 0 aromatic heterocycles. The number of thioether (sulfide) groups is 3. The first-order valence-corrected chi connectivity index (χ1v) is 14.5. The predicted molar refractivity (Wildman–Crippen MR) is 141 cm³/mol. The Hall–Kier alpha value is -0.470. The highest BCUT2D eigenvalue weighted by atomic mass is 79.9. The fourth-order valence-corrected chi connectivity index (χ4v) is 6.78. The molecule has 0 aliphatic carbocycles. The van der Waals surface area contributed by atoms with Gasteiger partial charge in [-0.05, 0) is 79.3 Å². The van der Waals surface area contributed by atoms with Crippen molar-refractivity contribution >= 4 is 74.5 Å². The first-order chi connectivity index (χ1) is 14.4. The lowest BCUT2D eigenvalue weighted by Crippen LogP contribution is -2.45. The Morgan fingerprint density at radius 3 is 2.20 bits per heavy atom. The van der Waals surface area contributed by atoms with Gasteiger partial charge in [-0.25, -0.2) is 4.79 Å². The standard InChI is InChI=1S/C22H27BrClNO2S3/c1-28-14-4-13-22(29-2,30-3)19(15-5-9-17(24)10-6-15)20(21(26)27)25-18-11-7-16(23)8-12-18/h5-12,19-20,25H,4,13-14H2,1-3H3,(H,26,27). The molecule has 0 spiro atoms. The highest BCUT2D eigenvalue weighted by Crippen LogP contribution is 2.51. The van der Waals surface area contributed by atoms with Gasteiger partial charge in [0.1, 0.15) is 6.04 Å². The number of carbonyl (C=O) groups is 1. The van der Waals surface area contributed by atoms with Crippen LogP contribution in [0, 0.1) is 0 Å². The Morgan fingerprint density at radius 2 is 1.70 bits per heavy atom. The van der Waals surface area contributed by atoms with Crippen LogP contribution in [0.5, 0.6) is 0 Å². The SMILES string of the molecule is CSCCCC(SC)(SC)C(c1ccc(Cl)cc1)C(Nc1ccc(Br)cc1)C(=O)O.